The summed E-state index contributed by atoms with van der Waals surface area (Å²) in [4.78, 5) is 34.1. The number of carbonyl (C=O) groups is 2. The first-order valence-electron chi connectivity index (χ1n) is 10.2. The Hall–Kier alpha value is -2.89. The van der Waals surface area contributed by atoms with Crippen molar-refractivity contribution in [3.8, 4) is 5.75 Å². The van der Waals surface area contributed by atoms with Crippen LogP contribution in [0.15, 0.2) is 42.7 Å². The highest BCUT2D eigenvalue weighted by Gasteiger charge is 2.39. The molecule has 152 valence electrons. The molecule has 0 spiro atoms. The molecule has 1 fully saturated rings. The highest BCUT2D eigenvalue weighted by molar-refractivity contribution is 6.04. The molecule has 6 nitrogen and oxygen atoms in total. The average molecular weight is 393 g/mol. The molecular weight excluding hydrogens is 366 g/mol. The molecule has 2 amide bonds. The number of anilines is 1. The SMILES string of the molecule is Cc1ccc2c(c1)N(CC(=O)N(Cc1cccnc1)C1CC1)C(=O)[C@H](C(C)C)O2. The van der Waals surface area contributed by atoms with Crippen LogP contribution in [0.3, 0.4) is 0 Å². The zero-order chi connectivity index (χ0) is 20.5. The second-order valence-electron chi connectivity index (χ2n) is 8.29. The van der Waals surface area contributed by atoms with Gasteiger partial charge in [0.25, 0.3) is 5.91 Å². The zero-order valence-electron chi connectivity index (χ0n) is 17.2. The standard InChI is InChI=1S/C23H27N3O3/c1-15(2)22-23(28)26(19-11-16(3)6-9-20(19)29-22)14-21(27)25(18-7-8-18)13-17-5-4-10-24-12-17/h4-6,9-12,15,18,22H,7-8,13-14H2,1-3H3/t22-/m0/s1. The zero-order valence-corrected chi connectivity index (χ0v) is 17.2. The lowest BCUT2D eigenvalue weighted by atomic mass is 10.0. The van der Waals surface area contributed by atoms with Crippen molar-refractivity contribution >= 4 is 17.5 Å². The van der Waals surface area contributed by atoms with E-state index in [-0.39, 0.29) is 30.3 Å². The van der Waals surface area contributed by atoms with E-state index >= 15 is 0 Å². The van der Waals surface area contributed by atoms with Crippen molar-refractivity contribution in [2.75, 3.05) is 11.4 Å². The van der Waals surface area contributed by atoms with Gasteiger partial charge in [-0.15, -0.1) is 0 Å². The third-order valence-electron chi connectivity index (χ3n) is 5.45. The summed E-state index contributed by atoms with van der Waals surface area (Å²) in [5.74, 6) is 0.488. The van der Waals surface area contributed by atoms with Crippen LogP contribution in [-0.2, 0) is 16.1 Å². The van der Waals surface area contributed by atoms with Crippen molar-refractivity contribution in [2.45, 2.75) is 52.3 Å². The fourth-order valence-electron chi connectivity index (χ4n) is 3.70. The van der Waals surface area contributed by atoms with Gasteiger partial charge >= 0.3 is 0 Å². The fourth-order valence-corrected chi connectivity index (χ4v) is 3.70. The Morgan fingerprint density at radius 3 is 2.76 bits per heavy atom. The largest absolute Gasteiger partial charge is 0.478 e. The van der Waals surface area contributed by atoms with Crippen molar-refractivity contribution in [1.29, 1.82) is 0 Å². The van der Waals surface area contributed by atoms with Gasteiger partial charge in [0.15, 0.2) is 6.10 Å². The third-order valence-corrected chi connectivity index (χ3v) is 5.45. The molecule has 4 rings (SSSR count). The van der Waals surface area contributed by atoms with Crippen molar-refractivity contribution in [2.24, 2.45) is 5.92 Å². The van der Waals surface area contributed by atoms with E-state index in [1.54, 1.807) is 17.3 Å². The molecule has 2 aliphatic rings. The van der Waals surface area contributed by atoms with Gasteiger partial charge in [-0.1, -0.05) is 26.0 Å². The molecule has 6 heteroatoms. The maximum atomic E-state index is 13.3. The van der Waals surface area contributed by atoms with Crippen LogP contribution in [0, 0.1) is 12.8 Å². The highest BCUT2D eigenvalue weighted by Crippen LogP contribution is 2.37. The number of nitrogens with zero attached hydrogens (tertiary/aromatic N) is 3. The van der Waals surface area contributed by atoms with E-state index in [9.17, 15) is 9.59 Å². The van der Waals surface area contributed by atoms with Gasteiger partial charge in [-0.3, -0.25) is 19.5 Å². The number of rotatable bonds is 6. The Labute approximate surface area is 171 Å². The number of ether oxygens (including phenoxy) is 1. The monoisotopic (exact) mass is 393 g/mol. The predicted molar refractivity (Wildman–Crippen MR) is 111 cm³/mol. The summed E-state index contributed by atoms with van der Waals surface area (Å²) in [6, 6.07) is 9.87. The first kappa shape index (κ1) is 19.4. The topological polar surface area (TPSA) is 62.7 Å². The van der Waals surface area contributed by atoms with Crippen molar-refractivity contribution in [3.05, 3.63) is 53.9 Å². The van der Waals surface area contributed by atoms with Crippen LogP contribution in [0.4, 0.5) is 5.69 Å². The minimum atomic E-state index is -0.578. The van der Waals surface area contributed by atoms with Gasteiger partial charge in [0.2, 0.25) is 5.91 Å². The maximum Gasteiger partial charge on any atom is 0.268 e. The number of amides is 2. The van der Waals surface area contributed by atoms with Gasteiger partial charge in [0, 0.05) is 25.0 Å². The predicted octanol–water partition coefficient (Wildman–Crippen LogP) is 3.33. The fraction of sp³-hybridized carbons (Fsp3) is 0.435. The first-order valence-corrected chi connectivity index (χ1v) is 10.2. The lowest BCUT2D eigenvalue weighted by molar-refractivity contribution is -0.135. The minimum Gasteiger partial charge on any atom is -0.478 e. The number of aryl methyl sites for hydroxylation is 1. The molecule has 1 aliphatic heterocycles. The summed E-state index contributed by atoms with van der Waals surface area (Å²) in [6.07, 6.45) is 4.95. The van der Waals surface area contributed by atoms with Crippen molar-refractivity contribution < 1.29 is 14.3 Å². The van der Waals surface area contributed by atoms with E-state index in [2.05, 4.69) is 4.98 Å². The Morgan fingerprint density at radius 1 is 1.31 bits per heavy atom. The molecule has 1 atom stereocenters. The van der Waals surface area contributed by atoms with Crippen LogP contribution in [0.1, 0.15) is 37.8 Å². The van der Waals surface area contributed by atoms with Gasteiger partial charge in [-0.2, -0.15) is 0 Å². The molecule has 29 heavy (non-hydrogen) atoms. The summed E-state index contributed by atoms with van der Waals surface area (Å²) in [5.41, 5.74) is 2.70. The summed E-state index contributed by atoms with van der Waals surface area (Å²) >= 11 is 0. The molecular formula is C23H27N3O3. The lowest BCUT2D eigenvalue weighted by Crippen LogP contribution is -2.52. The minimum absolute atomic E-state index is 0.0180. The van der Waals surface area contributed by atoms with Crippen molar-refractivity contribution in [1.82, 2.24) is 9.88 Å². The number of hydrogen-bond donors (Lipinski definition) is 0. The van der Waals surface area contributed by atoms with Crippen molar-refractivity contribution in [3.63, 3.8) is 0 Å². The Bertz CT molecular complexity index is 909. The smallest absolute Gasteiger partial charge is 0.268 e. The molecule has 2 heterocycles. The molecule has 1 aromatic carbocycles. The van der Waals surface area contributed by atoms with Crippen LogP contribution >= 0.6 is 0 Å². The quantitative estimate of drug-likeness (QED) is 0.755. The average Bonchev–Trinajstić information content (AvgIpc) is 3.54. The second kappa shape index (κ2) is 7.85. The van der Waals surface area contributed by atoms with E-state index in [0.29, 0.717) is 18.0 Å². The molecule has 0 unspecified atom stereocenters. The van der Waals surface area contributed by atoms with E-state index in [4.69, 9.17) is 4.74 Å². The van der Waals surface area contributed by atoms with Gasteiger partial charge in [0.05, 0.1) is 5.69 Å². The maximum absolute atomic E-state index is 13.3. The normalized spacial score (nSPS) is 18.4. The number of fused-ring (bicyclic) bond motifs is 1. The highest BCUT2D eigenvalue weighted by atomic mass is 16.5. The number of aromatic nitrogens is 1. The number of hydrogen-bond acceptors (Lipinski definition) is 4. The molecule has 0 bridgehead atoms. The summed E-state index contributed by atoms with van der Waals surface area (Å²) in [5, 5.41) is 0. The number of pyridine rings is 1. The van der Waals surface area contributed by atoms with Crippen LogP contribution in [0.2, 0.25) is 0 Å². The second-order valence-corrected chi connectivity index (χ2v) is 8.29. The lowest BCUT2D eigenvalue weighted by Gasteiger charge is -2.37. The van der Waals surface area contributed by atoms with Crippen LogP contribution in [0.25, 0.3) is 0 Å². The molecule has 1 aromatic heterocycles. The molecule has 0 saturated heterocycles. The summed E-state index contributed by atoms with van der Waals surface area (Å²) in [7, 11) is 0. The van der Waals surface area contributed by atoms with E-state index in [0.717, 1.165) is 24.0 Å². The molecule has 1 aliphatic carbocycles. The Kier molecular flexibility index (Phi) is 5.26. The summed E-state index contributed by atoms with van der Waals surface area (Å²) in [6.45, 7) is 6.43. The van der Waals surface area contributed by atoms with Crippen LogP contribution in [-0.4, -0.2) is 40.4 Å². The third kappa shape index (κ3) is 4.11. The number of benzene rings is 1. The van der Waals surface area contributed by atoms with Crippen LogP contribution < -0.4 is 9.64 Å². The van der Waals surface area contributed by atoms with E-state index in [1.807, 2.05) is 56.0 Å². The van der Waals surface area contributed by atoms with Gasteiger partial charge < -0.3 is 9.64 Å². The molecule has 2 aromatic rings. The Balaban J connectivity index is 1.60. The molecule has 0 radical (unpaired) electrons. The summed E-state index contributed by atoms with van der Waals surface area (Å²) < 4.78 is 5.96. The first-order chi connectivity index (χ1) is 13.9. The Morgan fingerprint density at radius 2 is 2.10 bits per heavy atom. The van der Waals surface area contributed by atoms with E-state index < -0.39 is 6.10 Å². The van der Waals surface area contributed by atoms with Gasteiger partial charge in [-0.25, -0.2) is 0 Å². The van der Waals surface area contributed by atoms with E-state index in [1.165, 1.54) is 0 Å². The van der Waals surface area contributed by atoms with Crippen LogP contribution in [0.5, 0.6) is 5.75 Å². The van der Waals surface area contributed by atoms with Gasteiger partial charge in [0.1, 0.15) is 12.3 Å². The number of carbonyl (C=O) groups excluding carboxylic acids is 2. The molecule has 0 N–H and O–H groups in total. The van der Waals surface area contributed by atoms with Gasteiger partial charge in [-0.05, 0) is 55.0 Å². The molecule has 1 saturated carbocycles.